The molecule has 3 N–H and O–H groups in total. The first-order valence-electron chi connectivity index (χ1n) is 5.12. The van der Waals surface area contributed by atoms with Gasteiger partial charge in [-0.15, -0.1) is 0 Å². The van der Waals surface area contributed by atoms with Crippen molar-refractivity contribution >= 4 is 5.69 Å². The van der Waals surface area contributed by atoms with Crippen LogP contribution in [0.1, 0.15) is 11.3 Å². The van der Waals surface area contributed by atoms with Crippen molar-refractivity contribution in [3.8, 4) is 0 Å². The van der Waals surface area contributed by atoms with Crippen molar-refractivity contribution < 1.29 is 0 Å². The summed E-state index contributed by atoms with van der Waals surface area (Å²) in [6, 6.07) is 9.25. The number of rotatable bonds is 3. The van der Waals surface area contributed by atoms with E-state index >= 15 is 0 Å². The highest BCUT2D eigenvalue weighted by atomic mass is 16.1. The number of aryl methyl sites for hydroxylation is 2. The Hall–Kier alpha value is -2.10. The molecule has 16 heavy (non-hydrogen) atoms. The molecule has 1 aromatic carbocycles. The summed E-state index contributed by atoms with van der Waals surface area (Å²) in [4.78, 5) is 17.6. The Morgan fingerprint density at radius 3 is 2.62 bits per heavy atom. The number of hydrogen-bond acceptors (Lipinski definition) is 3. The average Bonchev–Trinajstić information content (AvgIpc) is 2.28. The summed E-state index contributed by atoms with van der Waals surface area (Å²) in [6.45, 7) is 0. The molecular formula is C12H13N3O. The molecule has 0 saturated carbocycles. The highest BCUT2D eigenvalue weighted by Gasteiger charge is 1.97. The van der Waals surface area contributed by atoms with Gasteiger partial charge < -0.3 is 10.7 Å². The Balaban J connectivity index is 2.02. The molecule has 4 nitrogen and oxygen atoms in total. The lowest BCUT2D eigenvalue weighted by molar-refractivity contribution is 0.893. The fourth-order valence-electron chi connectivity index (χ4n) is 1.50. The van der Waals surface area contributed by atoms with Crippen LogP contribution < -0.4 is 11.3 Å². The third kappa shape index (κ3) is 2.70. The van der Waals surface area contributed by atoms with E-state index in [1.807, 2.05) is 24.3 Å². The molecule has 1 aromatic heterocycles. The zero-order chi connectivity index (χ0) is 11.4. The molecule has 0 saturated heterocycles. The summed E-state index contributed by atoms with van der Waals surface area (Å²) in [5.41, 5.74) is 8.25. The van der Waals surface area contributed by atoms with Crippen molar-refractivity contribution in [3.05, 3.63) is 58.3 Å². The predicted molar refractivity (Wildman–Crippen MR) is 63.1 cm³/mol. The third-order valence-corrected chi connectivity index (χ3v) is 2.38. The number of aromatic amines is 1. The van der Waals surface area contributed by atoms with E-state index in [1.54, 1.807) is 0 Å². The smallest absolute Gasteiger partial charge is 0.250 e. The maximum atomic E-state index is 11.0. The van der Waals surface area contributed by atoms with Crippen LogP contribution in [0.15, 0.2) is 41.5 Å². The summed E-state index contributed by atoms with van der Waals surface area (Å²) in [7, 11) is 0. The molecule has 0 atom stereocenters. The van der Waals surface area contributed by atoms with Crippen LogP contribution in [0.3, 0.4) is 0 Å². The van der Waals surface area contributed by atoms with E-state index in [1.165, 1.54) is 18.0 Å². The van der Waals surface area contributed by atoms with Crippen molar-refractivity contribution in [2.75, 3.05) is 5.73 Å². The fourth-order valence-corrected chi connectivity index (χ4v) is 1.50. The number of nitrogen functional groups attached to an aromatic ring is 1. The summed E-state index contributed by atoms with van der Waals surface area (Å²) in [5.74, 6) is 0. The monoisotopic (exact) mass is 215 g/mol. The molecule has 0 bridgehead atoms. The lowest BCUT2D eigenvalue weighted by atomic mass is 10.1. The topological polar surface area (TPSA) is 71.8 Å². The van der Waals surface area contributed by atoms with Crippen LogP contribution in [0.2, 0.25) is 0 Å². The molecule has 0 unspecified atom stereocenters. The maximum absolute atomic E-state index is 11.0. The largest absolute Gasteiger partial charge is 0.399 e. The van der Waals surface area contributed by atoms with Crippen molar-refractivity contribution in [2.45, 2.75) is 12.8 Å². The number of aromatic nitrogens is 2. The summed E-state index contributed by atoms with van der Waals surface area (Å²) >= 11 is 0. The lowest BCUT2D eigenvalue weighted by Gasteiger charge is -2.01. The minimum absolute atomic E-state index is 0.109. The molecule has 1 heterocycles. The number of nitrogens with two attached hydrogens (primary N) is 1. The molecule has 0 aliphatic rings. The van der Waals surface area contributed by atoms with Crippen LogP contribution in [-0.2, 0) is 12.8 Å². The zero-order valence-corrected chi connectivity index (χ0v) is 8.81. The minimum atomic E-state index is -0.109. The Morgan fingerprint density at radius 1 is 1.19 bits per heavy atom. The molecule has 2 rings (SSSR count). The minimum Gasteiger partial charge on any atom is -0.399 e. The number of hydrogen-bond donors (Lipinski definition) is 2. The number of nitrogens with zero attached hydrogens (tertiary/aromatic N) is 1. The second-order valence-corrected chi connectivity index (χ2v) is 3.64. The SMILES string of the molecule is Nc1ccc(CCc2cc(=O)[nH]cn2)cc1. The average molecular weight is 215 g/mol. The molecule has 0 fully saturated rings. The van der Waals surface area contributed by atoms with E-state index < -0.39 is 0 Å². The summed E-state index contributed by atoms with van der Waals surface area (Å²) in [5, 5.41) is 0. The molecule has 0 aliphatic heterocycles. The first kappa shape index (κ1) is 10.4. The Labute approximate surface area is 93.2 Å². The van der Waals surface area contributed by atoms with Crippen LogP contribution in [0.25, 0.3) is 0 Å². The quantitative estimate of drug-likeness (QED) is 0.754. The van der Waals surface area contributed by atoms with Gasteiger partial charge in [-0.05, 0) is 30.5 Å². The standard InChI is InChI=1S/C12H13N3O/c13-10-4-1-9(2-5-10)3-6-11-7-12(16)15-8-14-11/h1-2,4-5,7-8H,3,6,13H2,(H,14,15,16). The van der Waals surface area contributed by atoms with Crippen LogP contribution in [0.5, 0.6) is 0 Å². The van der Waals surface area contributed by atoms with Gasteiger partial charge in [-0.2, -0.15) is 0 Å². The number of anilines is 1. The van der Waals surface area contributed by atoms with Crippen molar-refractivity contribution in [2.24, 2.45) is 0 Å². The van der Waals surface area contributed by atoms with Gasteiger partial charge in [-0.1, -0.05) is 12.1 Å². The highest BCUT2D eigenvalue weighted by molar-refractivity contribution is 5.39. The van der Waals surface area contributed by atoms with Gasteiger partial charge in [-0.25, -0.2) is 4.98 Å². The van der Waals surface area contributed by atoms with E-state index in [-0.39, 0.29) is 5.56 Å². The van der Waals surface area contributed by atoms with Gasteiger partial charge >= 0.3 is 0 Å². The third-order valence-electron chi connectivity index (χ3n) is 2.38. The zero-order valence-electron chi connectivity index (χ0n) is 8.81. The first-order chi connectivity index (χ1) is 7.74. The molecule has 0 amide bonds. The van der Waals surface area contributed by atoms with Crippen LogP contribution in [0, 0.1) is 0 Å². The van der Waals surface area contributed by atoms with Gasteiger partial charge in [0.1, 0.15) is 0 Å². The molecule has 0 aliphatic carbocycles. The van der Waals surface area contributed by atoms with Crippen molar-refractivity contribution in [3.63, 3.8) is 0 Å². The molecule has 82 valence electrons. The lowest BCUT2D eigenvalue weighted by Crippen LogP contribution is -2.07. The second kappa shape index (κ2) is 4.61. The number of nitrogens with one attached hydrogen (secondary N) is 1. The molecule has 0 spiro atoms. The predicted octanol–water partition coefficient (Wildman–Crippen LogP) is 1.14. The van der Waals surface area contributed by atoms with E-state index in [2.05, 4.69) is 9.97 Å². The first-order valence-corrected chi connectivity index (χ1v) is 5.12. The number of H-pyrrole nitrogens is 1. The van der Waals surface area contributed by atoms with Gasteiger partial charge in [0.05, 0.1) is 6.33 Å². The van der Waals surface area contributed by atoms with E-state index in [0.29, 0.717) is 0 Å². The normalized spacial score (nSPS) is 10.2. The fraction of sp³-hybridized carbons (Fsp3) is 0.167. The van der Waals surface area contributed by atoms with Gasteiger partial charge in [-0.3, -0.25) is 4.79 Å². The van der Waals surface area contributed by atoms with Crippen molar-refractivity contribution in [1.82, 2.24) is 9.97 Å². The van der Waals surface area contributed by atoms with Crippen LogP contribution >= 0.6 is 0 Å². The molecule has 0 radical (unpaired) electrons. The van der Waals surface area contributed by atoms with Crippen molar-refractivity contribution in [1.29, 1.82) is 0 Å². The molecule has 4 heteroatoms. The van der Waals surface area contributed by atoms with E-state index in [4.69, 9.17) is 5.73 Å². The second-order valence-electron chi connectivity index (χ2n) is 3.64. The Morgan fingerprint density at radius 2 is 1.94 bits per heavy atom. The maximum Gasteiger partial charge on any atom is 0.250 e. The van der Waals surface area contributed by atoms with Gasteiger partial charge in [0.25, 0.3) is 5.56 Å². The van der Waals surface area contributed by atoms with Gasteiger partial charge in [0.2, 0.25) is 0 Å². The Kier molecular flexibility index (Phi) is 3.00. The molecule has 2 aromatic rings. The van der Waals surface area contributed by atoms with Crippen LogP contribution in [0.4, 0.5) is 5.69 Å². The number of benzene rings is 1. The van der Waals surface area contributed by atoms with E-state index in [9.17, 15) is 4.79 Å². The summed E-state index contributed by atoms with van der Waals surface area (Å²) in [6.07, 6.45) is 3.05. The van der Waals surface area contributed by atoms with E-state index in [0.717, 1.165) is 24.2 Å². The highest BCUT2D eigenvalue weighted by Crippen LogP contribution is 2.07. The van der Waals surface area contributed by atoms with Gasteiger partial charge in [0.15, 0.2) is 0 Å². The molecular weight excluding hydrogens is 202 g/mol. The van der Waals surface area contributed by atoms with Crippen LogP contribution in [-0.4, -0.2) is 9.97 Å². The van der Waals surface area contributed by atoms with Gasteiger partial charge in [0, 0.05) is 17.4 Å². The summed E-state index contributed by atoms with van der Waals surface area (Å²) < 4.78 is 0. The Bertz CT molecular complexity index is 516.